The third kappa shape index (κ3) is 4.92. The second-order valence-electron chi connectivity index (χ2n) is 5.58. The summed E-state index contributed by atoms with van der Waals surface area (Å²) in [5.41, 5.74) is 1.34. The topological polar surface area (TPSA) is 72.9 Å². The fraction of sp³-hybridized carbons (Fsp3) is 0.250. The molecule has 0 heterocycles. The summed E-state index contributed by atoms with van der Waals surface area (Å²) in [6, 6.07) is 15.9. The molecule has 26 heavy (non-hydrogen) atoms. The first-order valence-corrected chi connectivity index (χ1v) is 8.14. The fourth-order valence-electron chi connectivity index (χ4n) is 2.51. The van der Waals surface area contributed by atoms with Crippen LogP contribution in [0.2, 0.25) is 0 Å². The Morgan fingerprint density at radius 1 is 0.846 bits per heavy atom. The summed E-state index contributed by atoms with van der Waals surface area (Å²) in [7, 11) is 2.57. The minimum Gasteiger partial charge on any atom is -0.469 e. The van der Waals surface area contributed by atoms with Gasteiger partial charge >= 0.3 is 11.9 Å². The highest BCUT2D eigenvalue weighted by Crippen LogP contribution is 2.16. The maximum Gasteiger partial charge on any atom is 0.338 e. The number of esters is 2. The van der Waals surface area contributed by atoms with E-state index in [-0.39, 0.29) is 30.0 Å². The van der Waals surface area contributed by atoms with Gasteiger partial charge in [-0.25, -0.2) is 4.79 Å². The quantitative estimate of drug-likeness (QED) is 0.714. The van der Waals surface area contributed by atoms with E-state index in [4.69, 9.17) is 4.74 Å². The first kappa shape index (κ1) is 19.2. The van der Waals surface area contributed by atoms with Crippen molar-refractivity contribution >= 4 is 17.8 Å². The standard InChI is InChI=1S/C20H21NO5/c1-25-18(22)12-13-21(14-15-8-4-3-5-9-15)19(23)16-10-6-7-11-17(16)20(24)26-2/h3-11H,12-14H2,1-2H3. The molecule has 2 aromatic rings. The Balaban J connectivity index is 2.30. The van der Waals surface area contributed by atoms with E-state index in [1.165, 1.54) is 19.1 Å². The van der Waals surface area contributed by atoms with Crippen LogP contribution in [0, 0.1) is 0 Å². The van der Waals surface area contributed by atoms with Gasteiger partial charge in [-0.05, 0) is 17.7 Å². The van der Waals surface area contributed by atoms with Gasteiger partial charge in [-0.3, -0.25) is 9.59 Å². The molecular weight excluding hydrogens is 334 g/mol. The summed E-state index contributed by atoms with van der Waals surface area (Å²) in [6.45, 7) is 0.488. The van der Waals surface area contributed by atoms with E-state index in [9.17, 15) is 14.4 Å². The van der Waals surface area contributed by atoms with Crippen LogP contribution in [0.4, 0.5) is 0 Å². The second kappa shape index (κ2) is 9.36. The zero-order valence-electron chi connectivity index (χ0n) is 14.8. The molecule has 0 bridgehead atoms. The average Bonchev–Trinajstić information content (AvgIpc) is 2.70. The van der Waals surface area contributed by atoms with E-state index in [1.54, 1.807) is 24.3 Å². The van der Waals surface area contributed by atoms with Gasteiger partial charge in [0.25, 0.3) is 5.91 Å². The number of benzene rings is 2. The number of methoxy groups -OCH3 is 2. The summed E-state index contributed by atoms with van der Waals surface area (Å²) < 4.78 is 9.42. The molecule has 0 spiro atoms. The van der Waals surface area contributed by atoms with E-state index in [2.05, 4.69) is 4.74 Å². The van der Waals surface area contributed by atoms with Gasteiger partial charge in [0.2, 0.25) is 0 Å². The second-order valence-corrected chi connectivity index (χ2v) is 5.58. The lowest BCUT2D eigenvalue weighted by molar-refractivity contribution is -0.140. The molecule has 0 radical (unpaired) electrons. The Hall–Kier alpha value is -3.15. The maximum absolute atomic E-state index is 13.1. The molecule has 0 aromatic heterocycles. The number of carbonyl (C=O) groups excluding carboxylic acids is 3. The third-order valence-corrected chi connectivity index (χ3v) is 3.88. The summed E-state index contributed by atoms with van der Waals surface area (Å²) in [5, 5.41) is 0. The highest BCUT2D eigenvalue weighted by atomic mass is 16.5. The minimum absolute atomic E-state index is 0.0649. The highest BCUT2D eigenvalue weighted by molar-refractivity contribution is 6.05. The first-order valence-electron chi connectivity index (χ1n) is 8.14. The number of amides is 1. The van der Waals surface area contributed by atoms with Gasteiger partial charge in [0.05, 0.1) is 31.8 Å². The minimum atomic E-state index is -0.582. The number of hydrogen-bond acceptors (Lipinski definition) is 5. The van der Waals surface area contributed by atoms with Gasteiger partial charge in [-0.2, -0.15) is 0 Å². The first-order chi connectivity index (χ1) is 12.6. The number of rotatable bonds is 7. The lowest BCUT2D eigenvalue weighted by Gasteiger charge is -2.23. The molecule has 0 aliphatic heterocycles. The predicted molar refractivity (Wildman–Crippen MR) is 95.6 cm³/mol. The number of ether oxygens (including phenoxy) is 2. The van der Waals surface area contributed by atoms with Crippen LogP contribution >= 0.6 is 0 Å². The lowest BCUT2D eigenvalue weighted by Crippen LogP contribution is -2.33. The highest BCUT2D eigenvalue weighted by Gasteiger charge is 2.23. The summed E-state index contributed by atoms with van der Waals surface area (Å²) >= 11 is 0. The molecule has 0 aliphatic carbocycles. The van der Waals surface area contributed by atoms with Gasteiger partial charge in [-0.1, -0.05) is 42.5 Å². The van der Waals surface area contributed by atoms with Gasteiger partial charge in [-0.15, -0.1) is 0 Å². The van der Waals surface area contributed by atoms with Crippen molar-refractivity contribution < 1.29 is 23.9 Å². The van der Waals surface area contributed by atoms with E-state index >= 15 is 0 Å². The summed E-state index contributed by atoms with van der Waals surface area (Å²) in [5.74, 6) is -1.34. The summed E-state index contributed by atoms with van der Waals surface area (Å²) in [6.07, 6.45) is 0.0649. The van der Waals surface area contributed by atoms with Crippen LogP contribution in [0.1, 0.15) is 32.7 Å². The molecule has 136 valence electrons. The SMILES string of the molecule is COC(=O)CCN(Cc1ccccc1)C(=O)c1ccccc1C(=O)OC. The van der Waals surface area contributed by atoms with Crippen LogP contribution in [-0.2, 0) is 20.8 Å². The van der Waals surface area contributed by atoms with Crippen molar-refractivity contribution in [1.29, 1.82) is 0 Å². The van der Waals surface area contributed by atoms with E-state index in [0.717, 1.165) is 5.56 Å². The Kier molecular flexibility index (Phi) is 6.91. The summed E-state index contributed by atoms with van der Waals surface area (Å²) in [4.78, 5) is 38.1. The molecule has 1 amide bonds. The monoisotopic (exact) mass is 355 g/mol. The molecule has 0 fully saturated rings. The van der Waals surface area contributed by atoms with Crippen LogP contribution in [0.3, 0.4) is 0 Å². The van der Waals surface area contributed by atoms with Crippen molar-refractivity contribution in [1.82, 2.24) is 4.90 Å². The Morgan fingerprint density at radius 3 is 2.08 bits per heavy atom. The predicted octanol–water partition coefficient (Wildman–Crippen LogP) is 2.68. The van der Waals surface area contributed by atoms with E-state index in [1.807, 2.05) is 30.3 Å². The van der Waals surface area contributed by atoms with Crippen molar-refractivity contribution in [2.45, 2.75) is 13.0 Å². The van der Waals surface area contributed by atoms with Crippen molar-refractivity contribution in [3.05, 3.63) is 71.3 Å². The van der Waals surface area contributed by atoms with Crippen molar-refractivity contribution in [3.8, 4) is 0 Å². The molecule has 0 N–H and O–H groups in total. The molecular formula is C20H21NO5. The van der Waals surface area contributed by atoms with Gasteiger partial charge in [0.1, 0.15) is 0 Å². The van der Waals surface area contributed by atoms with Crippen molar-refractivity contribution in [3.63, 3.8) is 0 Å². The lowest BCUT2D eigenvalue weighted by atomic mass is 10.1. The maximum atomic E-state index is 13.1. The van der Waals surface area contributed by atoms with Gasteiger partial charge in [0.15, 0.2) is 0 Å². The molecule has 6 nitrogen and oxygen atoms in total. The smallest absolute Gasteiger partial charge is 0.338 e. The molecule has 0 aliphatic rings. The van der Waals surface area contributed by atoms with Crippen molar-refractivity contribution in [2.75, 3.05) is 20.8 Å². The Morgan fingerprint density at radius 2 is 1.46 bits per heavy atom. The van der Waals surface area contributed by atoms with E-state index in [0.29, 0.717) is 6.54 Å². The van der Waals surface area contributed by atoms with Crippen LogP contribution < -0.4 is 0 Å². The normalized spacial score (nSPS) is 10.1. The van der Waals surface area contributed by atoms with Crippen LogP contribution in [0.25, 0.3) is 0 Å². The van der Waals surface area contributed by atoms with Crippen LogP contribution in [0.15, 0.2) is 54.6 Å². The number of nitrogens with zero attached hydrogens (tertiary/aromatic N) is 1. The molecule has 0 saturated heterocycles. The zero-order chi connectivity index (χ0) is 18.9. The molecule has 6 heteroatoms. The third-order valence-electron chi connectivity index (χ3n) is 3.88. The van der Waals surface area contributed by atoms with Crippen LogP contribution in [0.5, 0.6) is 0 Å². The molecule has 0 atom stereocenters. The van der Waals surface area contributed by atoms with Gasteiger partial charge < -0.3 is 14.4 Å². The Labute approximate surface area is 152 Å². The van der Waals surface area contributed by atoms with Crippen molar-refractivity contribution in [2.24, 2.45) is 0 Å². The average molecular weight is 355 g/mol. The van der Waals surface area contributed by atoms with Crippen LogP contribution in [-0.4, -0.2) is 43.5 Å². The van der Waals surface area contributed by atoms with E-state index < -0.39 is 11.9 Å². The molecule has 2 aromatic carbocycles. The van der Waals surface area contributed by atoms with Gasteiger partial charge in [0, 0.05) is 13.1 Å². The Bertz CT molecular complexity index is 773. The number of hydrogen-bond donors (Lipinski definition) is 0. The molecule has 0 unspecified atom stereocenters. The molecule has 0 saturated carbocycles. The largest absolute Gasteiger partial charge is 0.469 e. The fourth-order valence-corrected chi connectivity index (χ4v) is 2.51. The molecule has 2 rings (SSSR count). The zero-order valence-corrected chi connectivity index (χ0v) is 14.8. The number of carbonyl (C=O) groups is 3.